The lowest BCUT2D eigenvalue weighted by molar-refractivity contribution is -0.119. The minimum Gasteiger partial charge on any atom is -0.493 e. The fourth-order valence-electron chi connectivity index (χ4n) is 5.05. The number of methoxy groups -OCH3 is 3. The number of carboxylic acids is 1. The summed E-state index contributed by atoms with van der Waals surface area (Å²) in [4.78, 5) is 40.0. The van der Waals surface area contributed by atoms with Gasteiger partial charge in [0, 0.05) is 25.6 Å². The molecule has 1 saturated heterocycles. The third kappa shape index (κ3) is 4.56. The Morgan fingerprint density at radius 1 is 1.06 bits per heavy atom. The summed E-state index contributed by atoms with van der Waals surface area (Å²) in [6.07, 6.45) is 0.999. The van der Waals surface area contributed by atoms with Crippen molar-refractivity contribution in [2.45, 2.75) is 25.8 Å². The van der Waals surface area contributed by atoms with Gasteiger partial charge in [-0.25, -0.2) is 4.79 Å². The summed E-state index contributed by atoms with van der Waals surface area (Å²) >= 11 is 0. The van der Waals surface area contributed by atoms with Crippen LogP contribution >= 0.6 is 0 Å². The summed E-state index contributed by atoms with van der Waals surface area (Å²) in [7, 11) is 4.51. The van der Waals surface area contributed by atoms with Crippen LogP contribution in [0.3, 0.4) is 0 Å². The number of hydrogen-bond acceptors (Lipinski definition) is 8. The van der Waals surface area contributed by atoms with Crippen molar-refractivity contribution in [1.29, 1.82) is 0 Å². The topological polar surface area (TPSA) is 124 Å². The quantitative estimate of drug-likeness (QED) is 0.618. The van der Waals surface area contributed by atoms with E-state index in [-0.39, 0.29) is 17.2 Å². The minimum atomic E-state index is -1.23. The average molecular weight is 499 g/mol. The highest BCUT2D eigenvalue weighted by molar-refractivity contribution is 5.97. The van der Waals surface area contributed by atoms with Crippen LogP contribution in [0.1, 0.15) is 40.9 Å². The number of amides is 1. The van der Waals surface area contributed by atoms with Crippen molar-refractivity contribution in [1.82, 2.24) is 5.32 Å². The van der Waals surface area contributed by atoms with Gasteiger partial charge in [-0.15, -0.1) is 0 Å². The van der Waals surface area contributed by atoms with E-state index in [2.05, 4.69) is 5.32 Å². The summed E-state index contributed by atoms with van der Waals surface area (Å²) in [5.41, 5.74) is 1.95. The van der Waals surface area contributed by atoms with Gasteiger partial charge in [-0.3, -0.25) is 9.59 Å². The molecular weight excluding hydrogens is 468 g/mol. The molecule has 192 valence electrons. The molecule has 1 fully saturated rings. The molecule has 36 heavy (non-hydrogen) atoms. The van der Waals surface area contributed by atoms with E-state index in [1.54, 1.807) is 4.90 Å². The predicted molar refractivity (Wildman–Crippen MR) is 133 cm³/mol. The molecule has 0 bridgehead atoms. The number of rotatable bonds is 6. The fraction of sp³-hybridized carbons (Fsp3) is 0.423. The van der Waals surface area contributed by atoms with Crippen LogP contribution in [0, 0.1) is 0 Å². The summed E-state index contributed by atoms with van der Waals surface area (Å²) in [6.45, 7) is 2.97. The number of aryl methyl sites for hydroxylation is 1. The van der Waals surface area contributed by atoms with Gasteiger partial charge in [-0.2, -0.15) is 0 Å². The Labute approximate surface area is 208 Å². The van der Waals surface area contributed by atoms with Gasteiger partial charge in [0.1, 0.15) is 0 Å². The van der Waals surface area contributed by atoms with E-state index >= 15 is 0 Å². The zero-order valence-corrected chi connectivity index (χ0v) is 20.8. The highest BCUT2D eigenvalue weighted by atomic mass is 16.5. The lowest BCUT2D eigenvalue weighted by Gasteiger charge is -2.28. The van der Waals surface area contributed by atoms with Crippen molar-refractivity contribution in [2.24, 2.45) is 0 Å². The maximum Gasteiger partial charge on any atom is 0.337 e. The molecule has 2 aliphatic rings. The van der Waals surface area contributed by atoms with E-state index < -0.39 is 17.4 Å². The molecule has 0 radical (unpaired) electrons. The number of ether oxygens (including phenoxy) is 4. The molecule has 2 N–H and O–H groups in total. The SMILES string of the molecule is COc1cc2c(c(OC)c1OC)-c1cc(C(=O)O)c(N3CCOCC3)c(=O)cc1[C@@H](NC(C)=O)CC2. The van der Waals surface area contributed by atoms with Crippen molar-refractivity contribution < 1.29 is 33.6 Å². The minimum absolute atomic E-state index is 0.0986. The molecule has 1 heterocycles. The Bertz CT molecular complexity index is 1250. The van der Waals surface area contributed by atoms with E-state index in [0.717, 1.165) is 5.56 Å². The number of hydrogen-bond donors (Lipinski definition) is 2. The number of benzene rings is 1. The van der Waals surface area contributed by atoms with Gasteiger partial charge in [0.15, 0.2) is 11.5 Å². The van der Waals surface area contributed by atoms with Crippen molar-refractivity contribution in [3.05, 3.63) is 45.1 Å². The van der Waals surface area contributed by atoms with E-state index in [1.807, 2.05) is 6.07 Å². The van der Waals surface area contributed by atoms with Crippen LogP contribution in [-0.4, -0.2) is 64.6 Å². The Hall–Kier alpha value is -3.79. The number of anilines is 1. The first kappa shape index (κ1) is 25.3. The number of fused-ring (bicyclic) bond motifs is 3. The van der Waals surface area contributed by atoms with Crippen LogP contribution in [0.4, 0.5) is 5.69 Å². The molecule has 4 rings (SSSR count). The van der Waals surface area contributed by atoms with Crippen LogP contribution in [0.5, 0.6) is 17.2 Å². The molecule has 10 heteroatoms. The average Bonchev–Trinajstić information content (AvgIpc) is 3.09. The lowest BCUT2D eigenvalue weighted by atomic mass is 9.94. The molecule has 1 aliphatic heterocycles. The van der Waals surface area contributed by atoms with Crippen molar-refractivity contribution in [3.63, 3.8) is 0 Å². The van der Waals surface area contributed by atoms with Gasteiger partial charge in [-0.05, 0) is 47.7 Å². The van der Waals surface area contributed by atoms with Gasteiger partial charge in [0.2, 0.25) is 17.1 Å². The zero-order chi connectivity index (χ0) is 26.0. The maximum atomic E-state index is 13.6. The molecule has 1 atom stereocenters. The maximum absolute atomic E-state index is 13.6. The second-order valence-electron chi connectivity index (χ2n) is 8.66. The summed E-state index contributed by atoms with van der Waals surface area (Å²) in [5, 5.41) is 13.2. The first-order valence-electron chi connectivity index (χ1n) is 11.7. The van der Waals surface area contributed by atoms with Gasteiger partial charge in [-0.1, -0.05) is 0 Å². The second kappa shape index (κ2) is 10.4. The van der Waals surface area contributed by atoms with E-state index in [1.165, 1.54) is 40.4 Å². The Morgan fingerprint density at radius 3 is 2.33 bits per heavy atom. The largest absolute Gasteiger partial charge is 0.493 e. The molecule has 2 aromatic rings. The standard InChI is InChI=1S/C26H30N2O8/c1-14(29)27-19-6-5-15-11-21(33-2)24(34-3)25(35-4)22(15)17-12-18(26(31)32)23(20(30)13-16(17)19)28-7-9-36-10-8-28/h11-13,19H,5-10H2,1-4H3,(H,27,29)(H,31,32)/t19-/m0/s1. The number of carbonyl (C=O) groups is 2. The third-order valence-electron chi connectivity index (χ3n) is 6.57. The van der Waals surface area contributed by atoms with Crippen LogP contribution in [0.15, 0.2) is 23.0 Å². The molecule has 0 saturated carbocycles. The van der Waals surface area contributed by atoms with E-state index in [4.69, 9.17) is 18.9 Å². The molecule has 10 nitrogen and oxygen atoms in total. The van der Waals surface area contributed by atoms with Gasteiger partial charge >= 0.3 is 5.97 Å². The molecule has 0 aromatic heterocycles. The molecule has 1 amide bonds. The van der Waals surface area contributed by atoms with Gasteiger partial charge in [0.25, 0.3) is 0 Å². The highest BCUT2D eigenvalue weighted by Gasteiger charge is 2.32. The number of nitrogens with one attached hydrogen (secondary N) is 1. The molecule has 2 aromatic carbocycles. The first-order chi connectivity index (χ1) is 17.3. The van der Waals surface area contributed by atoms with Crippen LogP contribution in [-0.2, 0) is 16.0 Å². The second-order valence-corrected chi connectivity index (χ2v) is 8.66. The predicted octanol–water partition coefficient (Wildman–Crippen LogP) is 2.40. The number of nitrogens with zero attached hydrogens (tertiary/aromatic N) is 1. The van der Waals surface area contributed by atoms with Crippen molar-refractivity contribution >= 4 is 17.6 Å². The number of carbonyl (C=O) groups excluding carboxylic acids is 1. The first-order valence-corrected chi connectivity index (χ1v) is 11.7. The Kier molecular flexibility index (Phi) is 7.35. The Balaban J connectivity index is 2.13. The number of carboxylic acid groups (broad SMARTS) is 1. The van der Waals surface area contributed by atoms with Crippen LogP contribution in [0.2, 0.25) is 0 Å². The Morgan fingerprint density at radius 2 is 1.75 bits per heavy atom. The van der Waals surface area contributed by atoms with E-state index in [0.29, 0.717) is 73.1 Å². The summed E-state index contributed by atoms with van der Waals surface area (Å²) < 4.78 is 22.3. The van der Waals surface area contributed by atoms with Crippen LogP contribution < -0.4 is 29.9 Å². The molecule has 0 unspecified atom stereocenters. The number of aromatic carboxylic acids is 1. The third-order valence-corrected chi connectivity index (χ3v) is 6.57. The zero-order valence-electron chi connectivity index (χ0n) is 20.8. The lowest BCUT2D eigenvalue weighted by Crippen LogP contribution is -2.39. The monoisotopic (exact) mass is 498 g/mol. The smallest absolute Gasteiger partial charge is 0.337 e. The normalized spacial score (nSPS) is 16.8. The fourth-order valence-corrected chi connectivity index (χ4v) is 5.05. The summed E-state index contributed by atoms with van der Waals surface area (Å²) in [6, 6.07) is 4.26. The highest BCUT2D eigenvalue weighted by Crippen LogP contribution is 2.50. The van der Waals surface area contributed by atoms with E-state index in [9.17, 15) is 19.5 Å². The van der Waals surface area contributed by atoms with Crippen LogP contribution in [0.25, 0.3) is 11.1 Å². The molecule has 1 aliphatic carbocycles. The van der Waals surface area contributed by atoms with Crippen molar-refractivity contribution in [2.75, 3.05) is 52.5 Å². The van der Waals surface area contributed by atoms with Gasteiger partial charge in [0.05, 0.1) is 51.8 Å². The summed E-state index contributed by atoms with van der Waals surface area (Å²) in [5.74, 6) is -0.315. The molecule has 0 spiro atoms. The van der Waals surface area contributed by atoms with Crippen molar-refractivity contribution in [3.8, 4) is 28.4 Å². The molecular formula is C26H30N2O8. The number of morpholine rings is 1. The van der Waals surface area contributed by atoms with Gasteiger partial charge < -0.3 is 34.3 Å².